The number of carboxylic acid groups (broad SMARTS) is 1. The predicted octanol–water partition coefficient (Wildman–Crippen LogP) is 4.97. The molecule has 0 saturated carbocycles. The quantitative estimate of drug-likeness (QED) is 0.224. The molecule has 46 heavy (non-hydrogen) atoms. The average Bonchev–Trinajstić information content (AvgIpc) is 3.10. The van der Waals surface area contributed by atoms with E-state index < -0.39 is 5.97 Å². The monoisotopic (exact) mass is 624 g/mol. The maximum absolute atomic E-state index is 13.6. The van der Waals surface area contributed by atoms with Crippen molar-refractivity contribution >= 4 is 29.2 Å². The number of aliphatic carboxylic acids is 1. The Morgan fingerprint density at radius 2 is 1.63 bits per heavy atom. The molecule has 0 bridgehead atoms. The van der Waals surface area contributed by atoms with Crippen LogP contribution in [0.15, 0.2) is 85.2 Å². The fraction of sp³-hybridized carbons (Fsp3) is 0.257. The number of ether oxygens (including phenoxy) is 3. The van der Waals surface area contributed by atoms with Crippen LogP contribution in [0.25, 0.3) is 11.1 Å². The number of hydrogen-bond acceptors (Lipinski definition) is 8. The van der Waals surface area contributed by atoms with E-state index in [4.69, 9.17) is 14.2 Å². The molecule has 0 atom stereocenters. The number of methoxy groups -OCH3 is 2. The average molecular weight is 625 g/mol. The first-order chi connectivity index (χ1) is 22.4. The van der Waals surface area contributed by atoms with Crippen LogP contribution >= 0.6 is 0 Å². The zero-order chi connectivity index (χ0) is 32.5. The first kappa shape index (κ1) is 32.0. The molecule has 3 aromatic carbocycles. The molecule has 1 saturated heterocycles. The van der Waals surface area contributed by atoms with Crippen molar-refractivity contribution in [1.29, 1.82) is 0 Å². The number of amides is 2. The van der Waals surface area contributed by atoms with Crippen LogP contribution < -0.4 is 19.7 Å². The Balaban J connectivity index is 1.43. The van der Waals surface area contributed by atoms with Gasteiger partial charge in [-0.05, 0) is 65.2 Å². The molecule has 5 rings (SSSR count). The van der Waals surface area contributed by atoms with E-state index in [9.17, 15) is 19.5 Å². The number of rotatable bonds is 12. The van der Waals surface area contributed by atoms with E-state index in [2.05, 4.69) is 15.2 Å². The summed E-state index contributed by atoms with van der Waals surface area (Å²) in [6.45, 7) is 2.81. The third-order valence-electron chi connectivity index (χ3n) is 7.69. The number of hydrogen-bond donors (Lipinski definition) is 2. The minimum absolute atomic E-state index is 0.0200. The molecule has 238 valence electrons. The Morgan fingerprint density at radius 1 is 0.891 bits per heavy atom. The summed E-state index contributed by atoms with van der Waals surface area (Å²) in [7, 11) is 3.00. The third-order valence-corrected chi connectivity index (χ3v) is 7.69. The van der Waals surface area contributed by atoms with E-state index in [1.54, 1.807) is 42.7 Å². The van der Waals surface area contributed by atoms with Crippen LogP contribution in [0, 0.1) is 0 Å². The first-order valence-corrected chi connectivity index (χ1v) is 14.9. The number of benzene rings is 3. The largest absolute Gasteiger partial charge is 0.493 e. The van der Waals surface area contributed by atoms with Gasteiger partial charge in [0.05, 0.1) is 45.2 Å². The summed E-state index contributed by atoms with van der Waals surface area (Å²) < 4.78 is 16.2. The van der Waals surface area contributed by atoms with Crippen molar-refractivity contribution in [2.75, 3.05) is 57.3 Å². The molecule has 1 aromatic heterocycles. The van der Waals surface area contributed by atoms with Gasteiger partial charge < -0.3 is 34.4 Å². The molecule has 1 aliphatic heterocycles. The van der Waals surface area contributed by atoms with Crippen LogP contribution in [0.4, 0.5) is 11.4 Å². The van der Waals surface area contributed by atoms with Crippen molar-refractivity contribution in [3.63, 3.8) is 0 Å². The van der Waals surface area contributed by atoms with Crippen molar-refractivity contribution in [3.8, 4) is 22.6 Å². The molecular formula is C35H36N4O7. The summed E-state index contributed by atoms with van der Waals surface area (Å²) in [5.74, 6) is -0.685. The summed E-state index contributed by atoms with van der Waals surface area (Å²) in [5.41, 5.74) is 4.97. The van der Waals surface area contributed by atoms with E-state index in [0.29, 0.717) is 54.6 Å². The van der Waals surface area contributed by atoms with E-state index >= 15 is 0 Å². The maximum atomic E-state index is 13.6. The molecule has 2 heterocycles. The Hall–Kier alpha value is -5.42. The van der Waals surface area contributed by atoms with Gasteiger partial charge in [-0.2, -0.15) is 0 Å². The number of carboxylic acids is 1. The lowest BCUT2D eigenvalue weighted by Crippen LogP contribution is -2.36. The molecule has 2 amide bonds. The number of aromatic nitrogens is 1. The highest BCUT2D eigenvalue weighted by Gasteiger charge is 2.21. The second-order valence-electron chi connectivity index (χ2n) is 10.7. The molecule has 0 spiro atoms. The molecule has 0 unspecified atom stereocenters. The van der Waals surface area contributed by atoms with E-state index in [0.717, 1.165) is 22.4 Å². The van der Waals surface area contributed by atoms with Crippen molar-refractivity contribution in [2.45, 2.75) is 13.0 Å². The van der Waals surface area contributed by atoms with Gasteiger partial charge in [-0.3, -0.25) is 19.4 Å². The van der Waals surface area contributed by atoms with Crippen LogP contribution in [-0.4, -0.2) is 79.8 Å². The highest BCUT2D eigenvalue weighted by molar-refractivity contribution is 6.06. The summed E-state index contributed by atoms with van der Waals surface area (Å²) in [4.78, 5) is 45.9. The summed E-state index contributed by atoms with van der Waals surface area (Å²) in [5, 5.41) is 12.5. The molecule has 11 nitrogen and oxygen atoms in total. The van der Waals surface area contributed by atoms with Crippen LogP contribution in [-0.2, 0) is 16.1 Å². The maximum Gasteiger partial charge on any atom is 0.305 e. The highest BCUT2D eigenvalue weighted by atomic mass is 16.5. The Morgan fingerprint density at radius 3 is 2.35 bits per heavy atom. The molecular weight excluding hydrogens is 588 g/mol. The molecule has 1 fully saturated rings. The highest BCUT2D eigenvalue weighted by Crippen LogP contribution is 2.33. The fourth-order valence-electron chi connectivity index (χ4n) is 5.30. The van der Waals surface area contributed by atoms with Gasteiger partial charge in [0.1, 0.15) is 0 Å². The van der Waals surface area contributed by atoms with Gasteiger partial charge in [0, 0.05) is 49.7 Å². The van der Waals surface area contributed by atoms with Gasteiger partial charge in [-0.1, -0.05) is 24.3 Å². The number of pyridine rings is 1. The minimum atomic E-state index is -0.999. The number of morpholine rings is 1. The van der Waals surface area contributed by atoms with Gasteiger partial charge in [0.2, 0.25) is 0 Å². The van der Waals surface area contributed by atoms with Crippen molar-refractivity contribution < 1.29 is 33.7 Å². The van der Waals surface area contributed by atoms with Crippen LogP contribution in [0.2, 0.25) is 0 Å². The molecule has 0 radical (unpaired) electrons. The van der Waals surface area contributed by atoms with Crippen molar-refractivity contribution in [1.82, 2.24) is 9.88 Å². The SMILES string of the molecule is COc1ccc(C(=O)N(CCC(=O)O)Cc2cccc(-c3ccc(N4CCOCC4)c(NC(=O)c4ccncc4)c3)c2)cc1OC. The van der Waals surface area contributed by atoms with E-state index in [1.165, 1.54) is 19.1 Å². The second kappa shape index (κ2) is 15.0. The molecule has 4 aromatic rings. The lowest BCUT2D eigenvalue weighted by molar-refractivity contribution is -0.137. The minimum Gasteiger partial charge on any atom is -0.493 e. The smallest absolute Gasteiger partial charge is 0.305 e. The molecule has 0 aliphatic carbocycles. The molecule has 11 heteroatoms. The fourth-order valence-corrected chi connectivity index (χ4v) is 5.30. The number of carbonyl (C=O) groups excluding carboxylic acids is 2. The zero-order valence-corrected chi connectivity index (χ0v) is 25.8. The first-order valence-electron chi connectivity index (χ1n) is 14.9. The Labute approximate surface area is 267 Å². The normalized spacial score (nSPS) is 12.7. The lowest BCUT2D eigenvalue weighted by Gasteiger charge is -2.31. The van der Waals surface area contributed by atoms with Gasteiger partial charge in [-0.25, -0.2) is 0 Å². The number of nitrogens with one attached hydrogen (secondary N) is 1. The van der Waals surface area contributed by atoms with Crippen molar-refractivity contribution in [2.24, 2.45) is 0 Å². The van der Waals surface area contributed by atoms with Crippen LogP contribution in [0.3, 0.4) is 0 Å². The topological polar surface area (TPSA) is 131 Å². The Bertz CT molecular complexity index is 1690. The molecule has 2 N–H and O–H groups in total. The van der Waals surface area contributed by atoms with Crippen molar-refractivity contribution in [3.05, 3.63) is 102 Å². The van der Waals surface area contributed by atoms with Gasteiger partial charge in [0.25, 0.3) is 11.8 Å². The Kier molecular flexibility index (Phi) is 10.5. The number of anilines is 2. The second-order valence-corrected chi connectivity index (χ2v) is 10.7. The summed E-state index contributed by atoms with van der Waals surface area (Å²) in [6, 6.07) is 21.8. The van der Waals surface area contributed by atoms with Gasteiger partial charge in [-0.15, -0.1) is 0 Å². The van der Waals surface area contributed by atoms with E-state index in [1.807, 2.05) is 42.5 Å². The van der Waals surface area contributed by atoms with Crippen LogP contribution in [0.1, 0.15) is 32.7 Å². The van der Waals surface area contributed by atoms with Gasteiger partial charge >= 0.3 is 5.97 Å². The van der Waals surface area contributed by atoms with E-state index in [-0.39, 0.29) is 31.3 Å². The zero-order valence-electron chi connectivity index (χ0n) is 25.8. The standard InChI is InChI=1S/C35H36N4O7/c1-44-31-9-7-28(22-32(31)45-2)35(43)39(15-12-33(40)41)23-24-4-3-5-26(20-24)27-6-8-30(38-16-18-46-19-17-38)29(21-27)37-34(42)25-10-13-36-14-11-25/h3-11,13-14,20-22H,12,15-19,23H2,1-2H3,(H,37,42)(H,40,41). The predicted molar refractivity (Wildman–Crippen MR) is 174 cm³/mol. The van der Waals surface area contributed by atoms with Gasteiger partial charge in [0.15, 0.2) is 11.5 Å². The van der Waals surface area contributed by atoms with Crippen LogP contribution in [0.5, 0.6) is 11.5 Å². The molecule has 1 aliphatic rings. The summed E-state index contributed by atoms with van der Waals surface area (Å²) >= 11 is 0. The lowest BCUT2D eigenvalue weighted by atomic mass is 10.0. The third kappa shape index (κ3) is 7.80. The number of carbonyl (C=O) groups is 3. The summed E-state index contributed by atoms with van der Waals surface area (Å²) in [6.07, 6.45) is 2.95. The number of nitrogens with zero attached hydrogens (tertiary/aromatic N) is 3.